The second-order valence-electron chi connectivity index (χ2n) is 4.52. The fourth-order valence-corrected chi connectivity index (χ4v) is 3.78. The summed E-state index contributed by atoms with van der Waals surface area (Å²) in [5.74, 6) is -0.288. The summed E-state index contributed by atoms with van der Waals surface area (Å²) in [6.07, 6.45) is 2.36. The Labute approximate surface area is 114 Å². The van der Waals surface area contributed by atoms with E-state index in [2.05, 4.69) is 33.0 Å². The van der Waals surface area contributed by atoms with E-state index in [1.807, 2.05) is 0 Å². The molecule has 0 aliphatic carbocycles. The van der Waals surface area contributed by atoms with Crippen LogP contribution in [0, 0.1) is 5.92 Å². The third-order valence-electron chi connectivity index (χ3n) is 3.18. The maximum atomic E-state index is 10.6. The average molecular weight is 318 g/mol. The lowest BCUT2D eigenvalue weighted by atomic mass is 9.94. The van der Waals surface area contributed by atoms with Crippen molar-refractivity contribution in [2.24, 2.45) is 5.92 Å². The van der Waals surface area contributed by atoms with Gasteiger partial charge in [-0.2, -0.15) is 0 Å². The van der Waals surface area contributed by atoms with Gasteiger partial charge in [0.05, 0.1) is 3.79 Å². The molecule has 1 N–H and O–H groups in total. The van der Waals surface area contributed by atoms with Gasteiger partial charge in [-0.05, 0) is 59.9 Å². The Balaban J connectivity index is 1.77. The second kappa shape index (κ2) is 5.98. The summed E-state index contributed by atoms with van der Waals surface area (Å²) >= 11 is 5.24. The highest BCUT2D eigenvalue weighted by Crippen LogP contribution is 2.26. The molecule has 2 rings (SSSR count). The summed E-state index contributed by atoms with van der Waals surface area (Å²) < 4.78 is 1.17. The minimum atomic E-state index is -0.661. The monoisotopic (exact) mass is 317 g/mol. The number of piperidine rings is 1. The highest BCUT2D eigenvalue weighted by molar-refractivity contribution is 9.11. The SMILES string of the molecule is O=C(O)CC1CCN(Cc2ccc(Br)s2)CC1. The fourth-order valence-electron chi connectivity index (χ4n) is 2.25. The van der Waals surface area contributed by atoms with Gasteiger partial charge < -0.3 is 5.11 Å². The largest absolute Gasteiger partial charge is 0.481 e. The number of carboxylic acids is 1. The van der Waals surface area contributed by atoms with Crippen LogP contribution in [0.2, 0.25) is 0 Å². The summed E-state index contributed by atoms with van der Waals surface area (Å²) in [7, 11) is 0. The molecule has 1 aromatic heterocycles. The third kappa shape index (κ3) is 4.08. The van der Waals surface area contributed by atoms with Crippen molar-refractivity contribution in [1.29, 1.82) is 0 Å². The van der Waals surface area contributed by atoms with Crippen LogP contribution in [0.15, 0.2) is 15.9 Å². The first kappa shape index (κ1) is 13.1. The molecule has 0 spiro atoms. The van der Waals surface area contributed by atoms with E-state index >= 15 is 0 Å². The van der Waals surface area contributed by atoms with Crippen molar-refractivity contribution in [1.82, 2.24) is 4.90 Å². The van der Waals surface area contributed by atoms with Gasteiger partial charge in [-0.25, -0.2) is 0 Å². The Kier molecular flexibility index (Phi) is 4.59. The highest BCUT2D eigenvalue weighted by Gasteiger charge is 2.21. The number of rotatable bonds is 4. The second-order valence-corrected chi connectivity index (χ2v) is 7.07. The van der Waals surface area contributed by atoms with Gasteiger partial charge in [0.15, 0.2) is 0 Å². The molecule has 0 saturated carbocycles. The van der Waals surface area contributed by atoms with Gasteiger partial charge in [0.25, 0.3) is 0 Å². The first-order valence-corrected chi connectivity index (χ1v) is 7.43. The van der Waals surface area contributed by atoms with E-state index in [1.165, 1.54) is 8.66 Å². The van der Waals surface area contributed by atoms with Gasteiger partial charge in [0.1, 0.15) is 0 Å². The molecule has 0 amide bonds. The number of carboxylic acid groups (broad SMARTS) is 1. The number of thiophene rings is 1. The predicted molar refractivity (Wildman–Crippen MR) is 72.3 cm³/mol. The molecule has 1 fully saturated rings. The van der Waals surface area contributed by atoms with Crippen molar-refractivity contribution in [3.8, 4) is 0 Å². The molecule has 5 heteroatoms. The zero-order valence-electron chi connectivity index (χ0n) is 9.56. The topological polar surface area (TPSA) is 40.5 Å². The van der Waals surface area contributed by atoms with Crippen LogP contribution in [0.4, 0.5) is 0 Å². The van der Waals surface area contributed by atoms with Gasteiger partial charge in [0.2, 0.25) is 0 Å². The minimum absolute atomic E-state index is 0.332. The standard InChI is InChI=1S/C12H16BrNO2S/c13-11-2-1-10(17-11)8-14-5-3-9(4-6-14)7-12(15)16/h1-2,9H,3-8H2,(H,15,16). The number of hydrogen-bond donors (Lipinski definition) is 1. The Morgan fingerprint density at radius 2 is 2.18 bits per heavy atom. The van der Waals surface area contributed by atoms with Crippen molar-refractivity contribution in [3.63, 3.8) is 0 Å². The van der Waals surface area contributed by atoms with Crippen molar-refractivity contribution in [2.75, 3.05) is 13.1 Å². The van der Waals surface area contributed by atoms with E-state index in [4.69, 9.17) is 5.11 Å². The zero-order chi connectivity index (χ0) is 12.3. The van der Waals surface area contributed by atoms with Gasteiger partial charge >= 0.3 is 5.97 Å². The molecule has 0 bridgehead atoms. The van der Waals surface area contributed by atoms with Crippen LogP contribution in [0.25, 0.3) is 0 Å². The number of likely N-dealkylation sites (tertiary alicyclic amines) is 1. The lowest BCUT2D eigenvalue weighted by Gasteiger charge is -2.30. The number of hydrogen-bond acceptors (Lipinski definition) is 3. The normalized spacial score (nSPS) is 18.4. The quantitative estimate of drug-likeness (QED) is 0.927. The summed E-state index contributed by atoms with van der Waals surface area (Å²) in [5, 5.41) is 8.75. The molecular weight excluding hydrogens is 302 g/mol. The molecule has 0 unspecified atom stereocenters. The third-order valence-corrected chi connectivity index (χ3v) is 4.79. The van der Waals surface area contributed by atoms with Crippen LogP contribution >= 0.6 is 27.3 Å². The highest BCUT2D eigenvalue weighted by atomic mass is 79.9. The van der Waals surface area contributed by atoms with Crippen molar-refractivity contribution in [2.45, 2.75) is 25.8 Å². The Hall–Kier alpha value is -0.390. The smallest absolute Gasteiger partial charge is 0.303 e. The summed E-state index contributed by atoms with van der Waals surface area (Å²) in [4.78, 5) is 14.4. The number of carbonyl (C=O) groups is 1. The molecule has 1 aliphatic rings. The number of halogens is 1. The van der Waals surface area contributed by atoms with Crippen LogP contribution in [0.3, 0.4) is 0 Å². The van der Waals surface area contributed by atoms with Crippen LogP contribution in [0.1, 0.15) is 24.1 Å². The van der Waals surface area contributed by atoms with E-state index in [-0.39, 0.29) is 0 Å². The van der Waals surface area contributed by atoms with Gasteiger partial charge in [-0.15, -0.1) is 11.3 Å². The molecule has 2 heterocycles. The average Bonchev–Trinajstić information content (AvgIpc) is 2.66. The summed E-state index contributed by atoms with van der Waals surface area (Å²) in [6.45, 7) is 3.04. The maximum absolute atomic E-state index is 10.6. The Morgan fingerprint density at radius 3 is 2.71 bits per heavy atom. The molecule has 1 saturated heterocycles. The molecular formula is C12H16BrNO2S. The lowest BCUT2D eigenvalue weighted by Crippen LogP contribution is -2.33. The molecule has 0 radical (unpaired) electrons. The Bertz CT molecular complexity index is 386. The van der Waals surface area contributed by atoms with E-state index in [1.54, 1.807) is 11.3 Å². The molecule has 0 aromatic carbocycles. The first-order chi connectivity index (χ1) is 8.13. The van der Waals surface area contributed by atoms with Crippen molar-refractivity contribution >= 4 is 33.2 Å². The molecule has 1 aliphatic heterocycles. The molecule has 3 nitrogen and oxygen atoms in total. The lowest BCUT2D eigenvalue weighted by molar-refractivity contribution is -0.138. The van der Waals surface area contributed by atoms with Crippen LogP contribution < -0.4 is 0 Å². The molecule has 17 heavy (non-hydrogen) atoms. The van der Waals surface area contributed by atoms with Crippen molar-refractivity contribution < 1.29 is 9.90 Å². The molecule has 1 aromatic rings. The van der Waals surface area contributed by atoms with E-state index in [9.17, 15) is 4.79 Å². The van der Waals surface area contributed by atoms with Gasteiger partial charge in [-0.1, -0.05) is 0 Å². The number of nitrogens with zero attached hydrogens (tertiary/aromatic N) is 1. The predicted octanol–water partition coefficient (Wildman–Crippen LogP) is 3.20. The maximum Gasteiger partial charge on any atom is 0.303 e. The van der Waals surface area contributed by atoms with Crippen LogP contribution in [-0.2, 0) is 11.3 Å². The summed E-state index contributed by atoms with van der Waals surface area (Å²) in [6, 6.07) is 4.23. The summed E-state index contributed by atoms with van der Waals surface area (Å²) in [5.41, 5.74) is 0. The fraction of sp³-hybridized carbons (Fsp3) is 0.583. The van der Waals surface area contributed by atoms with E-state index < -0.39 is 5.97 Å². The zero-order valence-corrected chi connectivity index (χ0v) is 12.0. The van der Waals surface area contributed by atoms with Crippen LogP contribution in [0.5, 0.6) is 0 Å². The Morgan fingerprint density at radius 1 is 1.47 bits per heavy atom. The van der Waals surface area contributed by atoms with E-state index in [0.29, 0.717) is 12.3 Å². The van der Waals surface area contributed by atoms with Crippen LogP contribution in [-0.4, -0.2) is 29.1 Å². The van der Waals surface area contributed by atoms with Gasteiger partial charge in [-0.3, -0.25) is 9.69 Å². The van der Waals surface area contributed by atoms with E-state index in [0.717, 1.165) is 32.5 Å². The van der Waals surface area contributed by atoms with Crippen molar-refractivity contribution in [3.05, 3.63) is 20.8 Å². The minimum Gasteiger partial charge on any atom is -0.481 e. The van der Waals surface area contributed by atoms with Gasteiger partial charge in [0, 0.05) is 17.8 Å². The molecule has 0 atom stereocenters. The molecule has 94 valence electrons. The first-order valence-electron chi connectivity index (χ1n) is 5.82. The number of aliphatic carboxylic acids is 1.